The molecule has 0 aromatic heterocycles. The Morgan fingerprint density at radius 1 is 1.30 bits per heavy atom. The monoisotopic (exact) mass is 340 g/mol. The lowest BCUT2D eigenvalue weighted by Gasteiger charge is -2.14. The van der Waals surface area contributed by atoms with E-state index < -0.39 is 9.84 Å². The van der Waals surface area contributed by atoms with Crippen molar-refractivity contribution in [2.24, 2.45) is 0 Å². The summed E-state index contributed by atoms with van der Waals surface area (Å²) in [7, 11) is -2.99. The van der Waals surface area contributed by atoms with Crippen molar-refractivity contribution in [3.05, 3.63) is 35.4 Å². The first-order valence-corrected chi connectivity index (χ1v) is 9.71. The standard InChI is InChI=1S/C16H24N2O4S/c1-2-8-22-11-14-6-4-3-5-13(14)10-17-16(19)18-15-7-9-23(20,21)12-15/h3-6,15H,2,7-12H2,1H3,(H2,17,18,19). The number of nitrogens with one attached hydrogen (secondary N) is 2. The van der Waals surface area contributed by atoms with Gasteiger partial charge in [-0.25, -0.2) is 13.2 Å². The van der Waals surface area contributed by atoms with Crippen molar-refractivity contribution in [2.75, 3.05) is 18.1 Å². The lowest BCUT2D eigenvalue weighted by Crippen LogP contribution is -2.42. The SMILES string of the molecule is CCCOCc1ccccc1CNC(=O)NC1CCS(=O)(=O)C1. The zero-order valence-corrected chi connectivity index (χ0v) is 14.2. The molecule has 7 heteroatoms. The maximum absolute atomic E-state index is 11.9. The summed E-state index contributed by atoms with van der Waals surface area (Å²) in [6, 6.07) is 7.16. The molecule has 0 saturated carbocycles. The Labute approximate surface area is 137 Å². The Balaban J connectivity index is 1.82. The predicted molar refractivity (Wildman–Crippen MR) is 88.8 cm³/mol. The van der Waals surface area contributed by atoms with Gasteiger partial charge in [0.15, 0.2) is 9.84 Å². The number of hydrogen-bond acceptors (Lipinski definition) is 4. The van der Waals surface area contributed by atoms with Crippen LogP contribution < -0.4 is 10.6 Å². The molecular weight excluding hydrogens is 316 g/mol. The van der Waals surface area contributed by atoms with Crippen molar-refractivity contribution in [3.8, 4) is 0 Å². The fraction of sp³-hybridized carbons (Fsp3) is 0.562. The van der Waals surface area contributed by atoms with E-state index >= 15 is 0 Å². The summed E-state index contributed by atoms with van der Waals surface area (Å²) in [5.41, 5.74) is 2.04. The van der Waals surface area contributed by atoms with Gasteiger partial charge in [0.1, 0.15) is 0 Å². The highest BCUT2D eigenvalue weighted by Crippen LogP contribution is 2.12. The van der Waals surface area contributed by atoms with Crippen LogP contribution in [0.1, 0.15) is 30.9 Å². The molecular formula is C16H24N2O4S. The zero-order chi connectivity index (χ0) is 16.7. The van der Waals surface area contributed by atoms with Gasteiger partial charge in [-0.1, -0.05) is 31.2 Å². The van der Waals surface area contributed by atoms with E-state index in [2.05, 4.69) is 17.6 Å². The lowest BCUT2D eigenvalue weighted by molar-refractivity contribution is 0.121. The average molecular weight is 340 g/mol. The Morgan fingerprint density at radius 2 is 2.04 bits per heavy atom. The first-order chi connectivity index (χ1) is 11.0. The predicted octanol–water partition coefficient (Wildman–Crippen LogP) is 1.60. The van der Waals surface area contributed by atoms with Gasteiger partial charge in [0.25, 0.3) is 0 Å². The van der Waals surface area contributed by atoms with E-state index in [4.69, 9.17) is 4.74 Å². The summed E-state index contributed by atoms with van der Waals surface area (Å²) in [6.45, 7) is 3.67. The molecule has 1 aromatic rings. The molecule has 1 unspecified atom stereocenters. The van der Waals surface area contributed by atoms with Crippen molar-refractivity contribution in [1.29, 1.82) is 0 Å². The van der Waals surface area contributed by atoms with E-state index in [-0.39, 0.29) is 23.6 Å². The number of carbonyl (C=O) groups is 1. The molecule has 1 atom stereocenters. The first-order valence-electron chi connectivity index (χ1n) is 7.89. The van der Waals surface area contributed by atoms with Crippen LogP contribution in [0.25, 0.3) is 0 Å². The molecule has 1 saturated heterocycles. The molecule has 1 aromatic carbocycles. The molecule has 0 aliphatic carbocycles. The van der Waals surface area contributed by atoms with Crippen LogP contribution in [0.2, 0.25) is 0 Å². The summed E-state index contributed by atoms with van der Waals surface area (Å²) in [4.78, 5) is 11.9. The molecule has 1 heterocycles. The summed E-state index contributed by atoms with van der Waals surface area (Å²) >= 11 is 0. The smallest absolute Gasteiger partial charge is 0.315 e. The molecule has 6 nitrogen and oxygen atoms in total. The normalized spacial score (nSPS) is 19.4. The third-order valence-electron chi connectivity index (χ3n) is 3.73. The zero-order valence-electron chi connectivity index (χ0n) is 13.4. The van der Waals surface area contributed by atoms with Crippen LogP contribution in [0.15, 0.2) is 24.3 Å². The minimum absolute atomic E-state index is 0.0296. The topological polar surface area (TPSA) is 84.5 Å². The van der Waals surface area contributed by atoms with Gasteiger partial charge >= 0.3 is 6.03 Å². The number of carbonyl (C=O) groups excluding carboxylic acids is 1. The second kappa shape index (κ2) is 8.31. The van der Waals surface area contributed by atoms with Crippen molar-refractivity contribution >= 4 is 15.9 Å². The van der Waals surface area contributed by atoms with Gasteiger partial charge in [-0.2, -0.15) is 0 Å². The van der Waals surface area contributed by atoms with Gasteiger partial charge in [0, 0.05) is 19.2 Å². The van der Waals surface area contributed by atoms with Crippen LogP contribution in [-0.2, 0) is 27.7 Å². The molecule has 0 radical (unpaired) electrons. The summed E-state index contributed by atoms with van der Waals surface area (Å²) in [5, 5.41) is 5.50. The molecule has 23 heavy (non-hydrogen) atoms. The van der Waals surface area contributed by atoms with E-state index in [1.165, 1.54) is 0 Å². The van der Waals surface area contributed by atoms with Crippen molar-refractivity contribution in [1.82, 2.24) is 10.6 Å². The number of ether oxygens (including phenoxy) is 1. The summed E-state index contributed by atoms with van der Waals surface area (Å²) < 4.78 is 28.3. The van der Waals surface area contributed by atoms with Gasteiger partial charge < -0.3 is 15.4 Å². The number of benzene rings is 1. The van der Waals surface area contributed by atoms with Gasteiger partial charge in [-0.05, 0) is 24.0 Å². The number of sulfone groups is 1. The maximum atomic E-state index is 11.9. The van der Waals surface area contributed by atoms with Crippen molar-refractivity contribution < 1.29 is 17.9 Å². The first kappa shape index (κ1) is 17.7. The minimum atomic E-state index is -2.99. The van der Waals surface area contributed by atoms with Gasteiger partial charge in [-0.3, -0.25) is 0 Å². The Hall–Kier alpha value is -1.60. The highest BCUT2D eigenvalue weighted by molar-refractivity contribution is 7.91. The van der Waals surface area contributed by atoms with E-state index in [1.54, 1.807) is 0 Å². The Kier molecular flexibility index (Phi) is 6.41. The largest absolute Gasteiger partial charge is 0.377 e. The number of hydrogen-bond donors (Lipinski definition) is 2. The van der Waals surface area contributed by atoms with E-state index in [9.17, 15) is 13.2 Å². The number of amides is 2. The van der Waals surface area contributed by atoms with Crippen LogP contribution in [0, 0.1) is 0 Å². The molecule has 1 aliphatic heterocycles. The van der Waals surface area contributed by atoms with Gasteiger partial charge in [0.05, 0.1) is 18.1 Å². The Bertz CT molecular complexity index is 631. The third kappa shape index (κ3) is 5.84. The van der Waals surface area contributed by atoms with E-state index in [0.717, 1.165) is 17.5 Å². The fourth-order valence-electron chi connectivity index (χ4n) is 2.52. The Morgan fingerprint density at radius 3 is 2.70 bits per heavy atom. The third-order valence-corrected chi connectivity index (χ3v) is 5.50. The number of rotatable bonds is 7. The van der Waals surface area contributed by atoms with Crippen LogP contribution in [0.3, 0.4) is 0 Å². The van der Waals surface area contributed by atoms with Crippen LogP contribution in [0.5, 0.6) is 0 Å². The molecule has 2 amide bonds. The summed E-state index contributed by atoms with van der Waals surface area (Å²) in [5.74, 6) is 0.178. The van der Waals surface area contributed by atoms with Gasteiger partial charge in [-0.15, -0.1) is 0 Å². The highest BCUT2D eigenvalue weighted by Gasteiger charge is 2.28. The maximum Gasteiger partial charge on any atom is 0.315 e. The second-order valence-corrected chi connectivity index (χ2v) is 7.98. The second-order valence-electron chi connectivity index (χ2n) is 5.75. The molecule has 2 rings (SSSR count). The molecule has 0 bridgehead atoms. The average Bonchev–Trinajstić information content (AvgIpc) is 2.85. The van der Waals surface area contributed by atoms with Crippen LogP contribution >= 0.6 is 0 Å². The number of urea groups is 1. The molecule has 2 N–H and O–H groups in total. The molecule has 0 spiro atoms. The van der Waals surface area contributed by atoms with Crippen molar-refractivity contribution in [2.45, 2.75) is 39.0 Å². The molecule has 1 aliphatic rings. The van der Waals surface area contributed by atoms with E-state index in [0.29, 0.717) is 26.2 Å². The lowest BCUT2D eigenvalue weighted by atomic mass is 10.1. The van der Waals surface area contributed by atoms with E-state index in [1.807, 2.05) is 24.3 Å². The summed E-state index contributed by atoms with van der Waals surface area (Å²) in [6.07, 6.45) is 1.45. The van der Waals surface area contributed by atoms with Crippen LogP contribution in [0.4, 0.5) is 4.79 Å². The van der Waals surface area contributed by atoms with Gasteiger partial charge in [0.2, 0.25) is 0 Å². The van der Waals surface area contributed by atoms with Crippen molar-refractivity contribution in [3.63, 3.8) is 0 Å². The molecule has 128 valence electrons. The van der Waals surface area contributed by atoms with Crippen LogP contribution in [-0.4, -0.2) is 38.6 Å². The fourth-order valence-corrected chi connectivity index (χ4v) is 4.19. The highest BCUT2D eigenvalue weighted by atomic mass is 32.2. The minimum Gasteiger partial charge on any atom is -0.377 e. The quantitative estimate of drug-likeness (QED) is 0.739. The molecule has 1 fully saturated rings.